The minimum absolute atomic E-state index is 0.0271. The molecule has 1 aromatic rings. The van der Waals surface area contributed by atoms with Gasteiger partial charge < -0.3 is 4.79 Å². The molecule has 0 saturated heterocycles. The van der Waals surface area contributed by atoms with Crippen LogP contribution >= 0.6 is 0 Å². The molecule has 8 heteroatoms. The molecule has 104 valence electrons. The standard InChI is InChI=1S/C11H15N3O5/c1-8(15)5-3-4-6-13-10(16)9(14(18)19)7-12(2)11(13)17/h7H,3-6H2,1-2H3. The van der Waals surface area contributed by atoms with Crippen LogP contribution in [0.5, 0.6) is 0 Å². The SMILES string of the molecule is CC(=O)CCCCn1c(=O)c([N+](=O)[O-])cn(C)c1=O. The molecule has 1 heterocycles. The number of nitrogens with zero attached hydrogens (tertiary/aromatic N) is 3. The number of Topliss-reactive ketones (excluding diaryl/α,β-unsaturated/α-hetero) is 1. The van der Waals surface area contributed by atoms with Crippen LogP contribution in [0.4, 0.5) is 5.69 Å². The molecule has 1 rings (SSSR count). The highest BCUT2D eigenvalue weighted by Crippen LogP contribution is 2.01. The fraction of sp³-hybridized carbons (Fsp3) is 0.545. The van der Waals surface area contributed by atoms with Crippen LogP contribution in [0.25, 0.3) is 0 Å². The van der Waals surface area contributed by atoms with Gasteiger partial charge in [0.05, 0.1) is 11.1 Å². The van der Waals surface area contributed by atoms with E-state index in [9.17, 15) is 24.5 Å². The molecule has 0 aromatic carbocycles. The lowest BCUT2D eigenvalue weighted by Gasteiger charge is -2.06. The van der Waals surface area contributed by atoms with E-state index in [-0.39, 0.29) is 12.3 Å². The van der Waals surface area contributed by atoms with Gasteiger partial charge in [-0.05, 0) is 19.8 Å². The summed E-state index contributed by atoms with van der Waals surface area (Å²) >= 11 is 0. The zero-order valence-electron chi connectivity index (χ0n) is 10.8. The lowest BCUT2D eigenvalue weighted by atomic mass is 10.2. The first-order valence-electron chi connectivity index (χ1n) is 5.79. The lowest BCUT2D eigenvalue weighted by molar-refractivity contribution is -0.387. The maximum Gasteiger partial charge on any atom is 0.350 e. The molecule has 1 aromatic heterocycles. The van der Waals surface area contributed by atoms with Crippen molar-refractivity contribution in [2.45, 2.75) is 32.7 Å². The number of nitro groups is 1. The Hall–Kier alpha value is -2.25. The summed E-state index contributed by atoms with van der Waals surface area (Å²) in [5, 5.41) is 10.7. The molecule has 8 nitrogen and oxygen atoms in total. The van der Waals surface area contributed by atoms with Gasteiger partial charge in [0.15, 0.2) is 0 Å². The Bertz CT molecular complexity index is 614. The van der Waals surface area contributed by atoms with Crippen LogP contribution in [0.2, 0.25) is 0 Å². The van der Waals surface area contributed by atoms with Gasteiger partial charge in [0.25, 0.3) is 0 Å². The third-order valence-electron chi connectivity index (χ3n) is 2.67. The number of ketones is 1. The first-order valence-corrected chi connectivity index (χ1v) is 5.79. The van der Waals surface area contributed by atoms with Crippen molar-refractivity contribution < 1.29 is 9.72 Å². The number of carbonyl (C=O) groups excluding carboxylic acids is 1. The smallest absolute Gasteiger partial charge is 0.300 e. The van der Waals surface area contributed by atoms with E-state index in [4.69, 9.17) is 0 Å². The number of aromatic nitrogens is 2. The Balaban J connectivity index is 3.00. The monoisotopic (exact) mass is 269 g/mol. The first-order chi connectivity index (χ1) is 8.84. The Morgan fingerprint density at radius 3 is 2.53 bits per heavy atom. The van der Waals surface area contributed by atoms with Crippen LogP contribution in [0.3, 0.4) is 0 Å². The maximum atomic E-state index is 11.8. The summed E-state index contributed by atoms with van der Waals surface area (Å²) in [6, 6.07) is 0. The van der Waals surface area contributed by atoms with E-state index in [0.29, 0.717) is 19.3 Å². The molecule has 0 radical (unpaired) electrons. The van der Waals surface area contributed by atoms with Crippen LogP contribution in [0.15, 0.2) is 15.8 Å². The normalized spacial score (nSPS) is 10.4. The van der Waals surface area contributed by atoms with E-state index in [1.807, 2.05) is 0 Å². The van der Waals surface area contributed by atoms with E-state index >= 15 is 0 Å². The van der Waals surface area contributed by atoms with Gasteiger partial charge in [0.2, 0.25) is 0 Å². The molecule has 0 saturated carbocycles. The largest absolute Gasteiger partial charge is 0.350 e. The summed E-state index contributed by atoms with van der Waals surface area (Å²) in [5.41, 5.74) is -2.14. The summed E-state index contributed by atoms with van der Waals surface area (Å²) in [6.07, 6.45) is 2.25. The molecule has 0 aliphatic heterocycles. The third-order valence-corrected chi connectivity index (χ3v) is 2.67. The summed E-state index contributed by atoms with van der Waals surface area (Å²) < 4.78 is 1.84. The van der Waals surface area contributed by atoms with Gasteiger partial charge in [0, 0.05) is 20.0 Å². The van der Waals surface area contributed by atoms with Gasteiger partial charge in [-0.3, -0.25) is 24.0 Å². The Morgan fingerprint density at radius 1 is 1.37 bits per heavy atom. The third kappa shape index (κ3) is 3.60. The molecule has 0 unspecified atom stereocenters. The van der Waals surface area contributed by atoms with Crippen molar-refractivity contribution in [3.8, 4) is 0 Å². The van der Waals surface area contributed by atoms with Gasteiger partial charge >= 0.3 is 16.9 Å². The van der Waals surface area contributed by atoms with Crippen LogP contribution < -0.4 is 11.2 Å². The number of unbranched alkanes of at least 4 members (excludes halogenated alkanes) is 1. The molecule has 0 aliphatic rings. The molecule has 0 spiro atoms. The molecule has 0 amide bonds. The molecule has 0 atom stereocenters. The number of carbonyl (C=O) groups is 1. The zero-order valence-corrected chi connectivity index (χ0v) is 10.8. The average molecular weight is 269 g/mol. The summed E-state index contributed by atoms with van der Waals surface area (Å²) in [7, 11) is 1.35. The van der Waals surface area contributed by atoms with Crippen molar-refractivity contribution in [1.29, 1.82) is 0 Å². The first kappa shape index (κ1) is 14.8. The van der Waals surface area contributed by atoms with Crippen molar-refractivity contribution in [2.75, 3.05) is 0 Å². The lowest BCUT2D eigenvalue weighted by Crippen LogP contribution is -2.39. The van der Waals surface area contributed by atoms with Crippen LogP contribution in [-0.2, 0) is 18.4 Å². The van der Waals surface area contributed by atoms with Crippen LogP contribution in [-0.4, -0.2) is 19.8 Å². The van der Waals surface area contributed by atoms with Gasteiger partial charge in [0.1, 0.15) is 5.78 Å². The minimum atomic E-state index is -0.907. The quantitative estimate of drug-likeness (QED) is 0.417. The van der Waals surface area contributed by atoms with Crippen molar-refractivity contribution >= 4 is 11.5 Å². The minimum Gasteiger partial charge on any atom is -0.300 e. The average Bonchev–Trinajstić information content (AvgIpc) is 2.32. The van der Waals surface area contributed by atoms with Gasteiger partial charge in [-0.15, -0.1) is 0 Å². The predicted molar refractivity (Wildman–Crippen MR) is 67.1 cm³/mol. The van der Waals surface area contributed by atoms with Gasteiger partial charge in [-0.2, -0.15) is 0 Å². The van der Waals surface area contributed by atoms with Gasteiger partial charge in [-0.1, -0.05) is 0 Å². The van der Waals surface area contributed by atoms with Crippen LogP contribution in [0, 0.1) is 10.1 Å². The van der Waals surface area contributed by atoms with Crippen molar-refractivity contribution in [3.63, 3.8) is 0 Å². The van der Waals surface area contributed by atoms with E-state index in [1.54, 1.807) is 0 Å². The number of aryl methyl sites for hydroxylation is 1. The number of hydrogen-bond donors (Lipinski definition) is 0. The predicted octanol–water partition coefficient (Wildman–Crippen LogP) is 0.215. The molecule has 19 heavy (non-hydrogen) atoms. The summed E-state index contributed by atoms with van der Waals surface area (Å²) in [6.45, 7) is 1.53. The summed E-state index contributed by atoms with van der Waals surface area (Å²) in [4.78, 5) is 44.1. The fourth-order valence-corrected chi connectivity index (χ4v) is 1.68. The fourth-order valence-electron chi connectivity index (χ4n) is 1.68. The van der Waals surface area contributed by atoms with E-state index in [2.05, 4.69) is 0 Å². The second kappa shape index (κ2) is 6.07. The molecular weight excluding hydrogens is 254 g/mol. The van der Waals surface area contributed by atoms with Crippen LogP contribution in [0.1, 0.15) is 26.2 Å². The molecule has 0 aliphatic carbocycles. The zero-order chi connectivity index (χ0) is 14.6. The molecule has 0 bridgehead atoms. The number of rotatable bonds is 6. The molecular formula is C11H15N3O5. The van der Waals surface area contributed by atoms with Gasteiger partial charge in [-0.25, -0.2) is 4.79 Å². The van der Waals surface area contributed by atoms with E-state index in [1.165, 1.54) is 14.0 Å². The highest BCUT2D eigenvalue weighted by molar-refractivity contribution is 5.75. The van der Waals surface area contributed by atoms with Crippen molar-refractivity contribution in [2.24, 2.45) is 7.05 Å². The second-order valence-corrected chi connectivity index (χ2v) is 4.28. The topological polar surface area (TPSA) is 104 Å². The Labute approximate surface area is 108 Å². The Kier molecular flexibility index (Phi) is 4.74. The molecule has 0 N–H and O–H groups in total. The Morgan fingerprint density at radius 2 is 2.00 bits per heavy atom. The van der Waals surface area contributed by atoms with E-state index in [0.717, 1.165) is 15.3 Å². The highest BCUT2D eigenvalue weighted by Gasteiger charge is 2.18. The summed E-state index contributed by atoms with van der Waals surface area (Å²) in [5.74, 6) is 0.0271. The van der Waals surface area contributed by atoms with E-state index < -0.39 is 21.9 Å². The number of hydrogen-bond acceptors (Lipinski definition) is 5. The molecule has 0 fully saturated rings. The van der Waals surface area contributed by atoms with Crippen molar-refractivity contribution in [1.82, 2.24) is 9.13 Å². The highest BCUT2D eigenvalue weighted by atomic mass is 16.6. The second-order valence-electron chi connectivity index (χ2n) is 4.28. The maximum absolute atomic E-state index is 11.8. The van der Waals surface area contributed by atoms with Crippen molar-refractivity contribution in [3.05, 3.63) is 37.1 Å².